The number of alkyl halides is 1. The summed E-state index contributed by atoms with van der Waals surface area (Å²) < 4.78 is 0. The lowest BCUT2D eigenvalue weighted by molar-refractivity contribution is 0.572. The molecule has 0 radical (unpaired) electrons. The number of hydrogen-bond acceptors (Lipinski definition) is 2. The van der Waals surface area contributed by atoms with Crippen molar-refractivity contribution in [1.29, 1.82) is 0 Å². The van der Waals surface area contributed by atoms with Gasteiger partial charge in [-0.3, -0.25) is 0 Å². The van der Waals surface area contributed by atoms with Crippen molar-refractivity contribution in [2.75, 3.05) is 11.9 Å². The van der Waals surface area contributed by atoms with E-state index < -0.39 is 0 Å². The van der Waals surface area contributed by atoms with Crippen LogP contribution in [0.4, 0.5) is 5.82 Å². The maximum atomic E-state index is 6.19. The second-order valence-corrected chi connectivity index (χ2v) is 4.89. The Bertz CT molecular complexity index is 299. The molecule has 1 heterocycles. The second-order valence-electron chi connectivity index (χ2n) is 4.28. The lowest BCUT2D eigenvalue weighted by atomic mass is 10.1. The molecule has 0 saturated heterocycles. The van der Waals surface area contributed by atoms with Gasteiger partial charge in [-0.2, -0.15) is 0 Å². The molecule has 0 aliphatic rings. The van der Waals surface area contributed by atoms with Gasteiger partial charge in [0.2, 0.25) is 0 Å². The third-order valence-corrected chi connectivity index (χ3v) is 2.56. The Morgan fingerprint density at radius 1 is 1.47 bits per heavy atom. The minimum Gasteiger partial charge on any atom is -0.368 e. The monoisotopic (exact) mass is 226 g/mol. The number of aromatic nitrogens is 1. The standard InChI is InChI=1S/C12H19ClN2/c1-9(2)7-11(13)8-15-12-10(3)5-4-6-14-12/h4-6,9,11H,7-8H2,1-3H3,(H,14,15). The first-order chi connectivity index (χ1) is 7.09. The van der Waals surface area contributed by atoms with E-state index in [1.807, 2.05) is 19.1 Å². The van der Waals surface area contributed by atoms with Gasteiger partial charge < -0.3 is 5.32 Å². The van der Waals surface area contributed by atoms with Crippen molar-refractivity contribution in [3.8, 4) is 0 Å². The molecule has 1 aromatic heterocycles. The molecule has 1 atom stereocenters. The van der Waals surface area contributed by atoms with Crippen LogP contribution in [0.1, 0.15) is 25.8 Å². The Balaban J connectivity index is 2.40. The minimum atomic E-state index is 0.173. The summed E-state index contributed by atoms with van der Waals surface area (Å²) in [6.45, 7) is 7.18. The third kappa shape index (κ3) is 4.52. The van der Waals surface area contributed by atoms with Crippen LogP contribution in [-0.4, -0.2) is 16.9 Å². The molecule has 2 nitrogen and oxygen atoms in total. The van der Waals surface area contributed by atoms with E-state index in [1.165, 1.54) is 0 Å². The number of halogens is 1. The maximum Gasteiger partial charge on any atom is 0.128 e. The van der Waals surface area contributed by atoms with E-state index in [9.17, 15) is 0 Å². The Hall–Kier alpha value is -0.760. The fourth-order valence-corrected chi connectivity index (χ4v) is 1.91. The molecule has 1 rings (SSSR count). The van der Waals surface area contributed by atoms with Gasteiger partial charge in [0.1, 0.15) is 5.82 Å². The quantitative estimate of drug-likeness (QED) is 0.778. The summed E-state index contributed by atoms with van der Waals surface area (Å²) in [5.41, 5.74) is 1.16. The van der Waals surface area contributed by atoms with Crippen molar-refractivity contribution >= 4 is 17.4 Å². The topological polar surface area (TPSA) is 24.9 Å². The number of pyridine rings is 1. The molecule has 0 aliphatic heterocycles. The van der Waals surface area contributed by atoms with Crippen LogP contribution in [0.25, 0.3) is 0 Å². The van der Waals surface area contributed by atoms with E-state index in [1.54, 1.807) is 6.20 Å². The summed E-state index contributed by atoms with van der Waals surface area (Å²) in [5.74, 6) is 1.58. The Labute approximate surface area is 97.1 Å². The smallest absolute Gasteiger partial charge is 0.128 e. The predicted molar refractivity (Wildman–Crippen MR) is 66.6 cm³/mol. The summed E-state index contributed by atoms with van der Waals surface area (Å²) in [6, 6.07) is 3.98. The van der Waals surface area contributed by atoms with E-state index in [0.717, 1.165) is 24.3 Å². The molecule has 0 fully saturated rings. The highest BCUT2D eigenvalue weighted by molar-refractivity contribution is 6.20. The molecular weight excluding hydrogens is 208 g/mol. The summed E-state index contributed by atoms with van der Waals surface area (Å²) in [5, 5.41) is 3.45. The summed E-state index contributed by atoms with van der Waals surface area (Å²) in [4.78, 5) is 4.26. The van der Waals surface area contributed by atoms with Crippen LogP contribution < -0.4 is 5.32 Å². The first-order valence-corrected chi connectivity index (χ1v) is 5.82. The number of nitrogens with zero attached hydrogens (tertiary/aromatic N) is 1. The number of hydrogen-bond donors (Lipinski definition) is 1. The largest absolute Gasteiger partial charge is 0.368 e. The Morgan fingerprint density at radius 2 is 2.20 bits per heavy atom. The van der Waals surface area contributed by atoms with E-state index in [4.69, 9.17) is 11.6 Å². The predicted octanol–water partition coefficient (Wildman–Crippen LogP) is 3.46. The van der Waals surface area contributed by atoms with E-state index in [2.05, 4.69) is 24.1 Å². The van der Waals surface area contributed by atoms with Gasteiger partial charge in [0.25, 0.3) is 0 Å². The van der Waals surface area contributed by atoms with Gasteiger partial charge in [-0.25, -0.2) is 4.98 Å². The zero-order valence-electron chi connectivity index (χ0n) is 9.63. The fourth-order valence-electron chi connectivity index (χ4n) is 1.47. The fraction of sp³-hybridized carbons (Fsp3) is 0.583. The first-order valence-electron chi connectivity index (χ1n) is 5.39. The molecule has 84 valence electrons. The van der Waals surface area contributed by atoms with Crippen molar-refractivity contribution in [3.05, 3.63) is 23.9 Å². The molecule has 3 heteroatoms. The van der Waals surface area contributed by atoms with Crippen LogP contribution in [0.5, 0.6) is 0 Å². The molecule has 1 unspecified atom stereocenters. The van der Waals surface area contributed by atoms with Gasteiger partial charge in [0, 0.05) is 12.7 Å². The van der Waals surface area contributed by atoms with Crippen LogP contribution in [-0.2, 0) is 0 Å². The highest BCUT2D eigenvalue weighted by atomic mass is 35.5. The SMILES string of the molecule is Cc1cccnc1NCC(Cl)CC(C)C. The summed E-state index contributed by atoms with van der Waals surface area (Å²) in [6.07, 6.45) is 2.82. The van der Waals surface area contributed by atoms with Gasteiger partial charge in [-0.05, 0) is 30.9 Å². The zero-order valence-corrected chi connectivity index (χ0v) is 10.4. The first kappa shape index (κ1) is 12.3. The highest BCUT2D eigenvalue weighted by Gasteiger charge is 2.07. The van der Waals surface area contributed by atoms with Crippen LogP contribution in [0.2, 0.25) is 0 Å². The van der Waals surface area contributed by atoms with Crippen molar-refractivity contribution in [1.82, 2.24) is 4.98 Å². The molecule has 0 aliphatic carbocycles. The van der Waals surface area contributed by atoms with Crippen molar-refractivity contribution in [2.24, 2.45) is 5.92 Å². The Morgan fingerprint density at radius 3 is 2.80 bits per heavy atom. The molecule has 0 saturated carbocycles. The highest BCUT2D eigenvalue weighted by Crippen LogP contribution is 2.13. The van der Waals surface area contributed by atoms with Crippen molar-refractivity contribution < 1.29 is 0 Å². The van der Waals surface area contributed by atoms with Crippen LogP contribution >= 0.6 is 11.6 Å². The second kappa shape index (κ2) is 5.96. The van der Waals surface area contributed by atoms with Gasteiger partial charge >= 0.3 is 0 Å². The lowest BCUT2D eigenvalue weighted by Crippen LogP contribution is -2.17. The van der Waals surface area contributed by atoms with Crippen LogP contribution in [0.3, 0.4) is 0 Å². The molecule has 1 aromatic rings. The van der Waals surface area contributed by atoms with Crippen molar-refractivity contribution in [2.45, 2.75) is 32.6 Å². The average Bonchev–Trinajstić information content (AvgIpc) is 2.15. The van der Waals surface area contributed by atoms with Crippen LogP contribution in [0, 0.1) is 12.8 Å². The molecular formula is C12H19ClN2. The number of anilines is 1. The number of nitrogens with one attached hydrogen (secondary N) is 1. The van der Waals surface area contributed by atoms with E-state index in [0.29, 0.717) is 5.92 Å². The third-order valence-electron chi connectivity index (χ3n) is 2.23. The normalized spacial score (nSPS) is 12.9. The maximum absolute atomic E-state index is 6.19. The Kier molecular flexibility index (Phi) is 4.89. The molecule has 15 heavy (non-hydrogen) atoms. The summed E-state index contributed by atoms with van der Waals surface area (Å²) >= 11 is 6.19. The van der Waals surface area contributed by atoms with Gasteiger partial charge in [0.05, 0.1) is 5.38 Å². The molecule has 1 N–H and O–H groups in total. The molecule has 0 aromatic carbocycles. The molecule has 0 bridgehead atoms. The van der Waals surface area contributed by atoms with Gasteiger partial charge in [-0.1, -0.05) is 19.9 Å². The van der Waals surface area contributed by atoms with Crippen molar-refractivity contribution in [3.63, 3.8) is 0 Å². The number of rotatable bonds is 5. The van der Waals surface area contributed by atoms with E-state index in [-0.39, 0.29) is 5.38 Å². The zero-order chi connectivity index (χ0) is 11.3. The van der Waals surface area contributed by atoms with E-state index >= 15 is 0 Å². The van der Waals surface area contributed by atoms with Crippen LogP contribution in [0.15, 0.2) is 18.3 Å². The number of aryl methyl sites for hydroxylation is 1. The molecule has 0 spiro atoms. The lowest BCUT2D eigenvalue weighted by Gasteiger charge is -2.14. The molecule has 0 amide bonds. The average molecular weight is 227 g/mol. The summed E-state index contributed by atoms with van der Waals surface area (Å²) in [7, 11) is 0. The van der Waals surface area contributed by atoms with Gasteiger partial charge in [-0.15, -0.1) is 11.6 Å². The van der Waals surface area contributed by atoms with Gasteiger partial charge in [0.15, 0.2) is 0 Å². The minimum absolute atomic E-state index is 0.173.